The SMILES string of the molecule is CCCCOC(=O)C1=C(C)NC2=C(C(=O)C[C@H](c3ccc(OC)c(OC)c3)C2)[C@@H]1c1cc(Br)c(OC)c(OC)c1. The van der Waals surface area contributed by atoms with E-state index in [0.717, 1.165) is 29.7 Å². The highest BCUT2D eigenvalue weighted by atomic mass is 79.9. The number of hydrogen-bond donors (Lipinski definition) is 1. The van der Waals surface area contributed by atoms with E-state index >= 15 is 0 Å². The van der Waals surface area contributed by atoms with Crippen LogP contribution < -0.4 is 24.3 Å². The summed E-state index contributed by atoms with van der Waals surface area (Å²) in [4.78, 5) is 27.5. The number of Topliss-reactive ketones (excluding diaryl/α,β-unsaturated/α-hetero) is 1. The molecule has 4 rings (SSSR count). The van der Waals surface area contributed by atoms with Crippen molar-refractivity contribution < 1.29 is 33.3 Å². The van der Waals surface area contributed by atoms with Crippen molar-refractivity contribution in [2.75, 3.05) is 35.0 Å². The van der Waals surface area contributed by atoms with Crippen molar-refractivity contribution >= 4 is 27.7 Å². The van der Waals surface area contributed by atoms with Crippen LogP contribution in [-0.4, -0.2) is 46.8 Å². The number of unbranched alkanes of at least 4 members (excludes halogenated alkanes) is 1. The monoisotopic (exact) mass is 613 g/mol. The highest BCUT2D eigenvalue weighted by Gasteiger charge is 2.42. The molecule has 2 aliphatic rings. The number of carbonyl (C=O) groups is 2. The van der Waals surface area contributed by atoms with Gasteiger partial charge < -0.3 is 29.0 Å². The Morgan fingerprint density at radius 1 is 0.950 bits per heavy atom. The van der Waals surface area contributed by atoms with E-state index in [9.17, 15) is 9.59 Å². The minimum Gasteiger partial charge on any atom is -0.493 e. The van der Waals surface area contributed by atoms with E-state index in [0.29, 0.717) is 57.3 Å². The number of benzene rings is 2. The number of dihydropyridines is 1. The molecule has 0 spiro atoms. The number of rotatable bonds is 10. The van der Waals surface area contributed by atoms with Gasteiger partial charge in [0.1, 0.15) is 0 Å². The lowest BCUT2D eigenvalue weighted by Crippen LogP contribution is -2.36. The molecule has 1 heterocycles. The lowest BCUT2D eigenvalue weighted by atomic mass is 9.71. The van der Waals surface area contributed by atoms with Gasteiger partial charge in [0.15, 0.2) is 28.8 Å². The van der Waals surface area contributed by atoms with Gasteiger partial charge in [-0.3, -0.25) is 4.79 Å². The summed E-state index contributed by atoms with van der Waals surface area (Å²) in [6, 6.07) is 9.45. The lowest BCUT2D eigenvalue weighted by Gasteiger charge is -2.37. The number of halogens is 1. The number of allylic oxidation sites excluding steroid dienone is 3. The Kier molecular flexibility index (Phi) is 9.45. The Hall–Kier alpha value is -3.46. The summed E-state index contributed by atoms with van der Waals surface area (Å²) in [6.45, 7) is 4.21. The predicted octanol–water partition coefficient (Wildman–Crippen LogP) is 6.19. The maximum atomic E-state index is 14.0. The second-order valence-electron chi connectivity index (χ2n) is 9.86. The van der Waals surface area contributed by atoms with Crippen LogP contribution in [-0.2, 0) is 14.3 Å². The number of hydrogen-bond acceptors (Lipinski definition) is 8. The molecule has 2 atom stereocenters. The van der Waals surface area contributed by atoms with Crippen LogP contribution in [0.2, 0.25) is 0 Å². The van der Waals surface area contributed by atoms with Gasteiger partial charge in [-0.1, -0.05) is 19.4 Å². The molecule has 0 radical (unpaired) electrons. The molecule has 9 heteroatoms. The molecule has 2 aromatic rings. The zero-order chi connectivity index (χ0) is 29.0. The van der Waals surface area contributed by atoms with Crippen molar-refractivity contribution in [3.05, 3.63) is 68.5 Å². The molecule has 1 aliphatic carbocycles. The first-order valence-electron chi connectivity index (χ1n) is 13.3. The molecule has 1 aliphatic heterocycles. The van der Waals surface area contributed by atoms with Crippen LogP contribution in [0.25, 0.3) is 0 Å². The van der Waals surface area contributed by atoms with Crippen LogP contribution in [0.1, 0.15) is 62.5 Å². The lowest BCUT2D eigenvalue weighted by molar-refractivity contribution is -0.139. The Morgan fingerprint density at radius 2 is 1.65 bits per heavy atom. The second-order valence-corrected chi connectivity index (χ2v) is 10.7. The van der Waals surface area contributed by atoms with E-state index in [-0.39, 0.29) is 18.1 Å². The third kappa shape index (κ3) is 5.70. The minimum atomic E-state index is -0.625. The van der Waals surface area contributed by atoms with Gasteiger partial charge in [-0.05, 0) is 77.0 Å². The summed E-state index contributed by atoms with van der Waals surface area (Å²) in [6.07, 6.45) is 2.55. The van der Waals surface area contributed by atoms with Gasteiger partial charge in [0.05, 0.1) is 45.1 Å². The van der Waals surface area contributed by atoms with Crippen molar-refractivity contribution in [1.82, 2.24) is 5.32 Å². The van der Waals surface area contributed by atoms with Gasteiger partial charge in [0.25, 0.3) is 0 Å². The molecule has 0 unspecified atom stereocenters. The zero-order valence-electron chi connectivity index (χ0n) is 23.8. The first-order chi connectivity index (χ1) is 19.3. The molecule has 0 bridgehead atoms. The van der Waals surface area contributed by atoms with E-state index in [1.165, 1.54) is 0 Å². The highest BCUT2D eigenvalue weighted by Crippen LogP contribution is 2.49. The van der Waals surface area contributed by atoms with E-state index in [2.05, 4.69) is 21.2 Å². The van der Waals surface area contributed by atoms with Crippen molar-refractivity contribution in [3.63, 3.8) is 0 Å². The van der Waals surface area contributed by atoms with E-state index in [4.69, 9.17) is 23.7 Å². The van der Waals surface area contributed by atoms with Crippen LogP contribution in [0, 0.1) is 0 Å². The summed E-state index contributed by atoms with van der Waals surface area (Å²) in [5, 5.41) is 3.40. The predicted molar refractivity (Wildman–Crippen MR) is 155 cm³/mol. The minimum absolute atomic E-state index is 0.0317. The molecule has 40 heavy (non-hydrogen) atoms. The molecular formula is C31H36BrNO7. The topological polar surface area (TPSA) is 92.3 Å². The number of carbonyl (C=O) groups excluding carboxylic acids is 2. The Labute approximate surface area is 243 Å². The molecule has 0 saturated carbocycles. The highest BCUT2D eigenvalue weighted by molar-refractivity contribution is 9.10. The zero-order valence-corrected chi connectivity index (χ0v) is 25.4. The summed E-state index contributed by atoms with van der Waals surface area (Å²) < 4.78 is 28.3. The number of esters is 1. The summed E-state index contributed by atoms with van der Waals surface area (Å²) in [7, 11) is 6.31. The van der Waals surface area contributed by atoms with E-state index < -0.39 is 11.9 Å². The first kappa shape index (κ1) is 29.5. The average molecular weight is 615 g/mol. The summed E-state index contributed by atoms with van der Waals surface area (Å²) >= 11 is 3.58. The van der Waals surface area contributed by atoms with Crippen LogP contribution in [0.15, 0.2) is 57.3 Å². The molecule has 214 valence electrons. The molecule has 8 nitrogen and oxygen atoms in total. The Morgan fingerprint density at radius 3 is 2.30 bits per heavy atom. The van der Waals surface area contributed by atoms with Gasteiger partial charge in [0, 0.05) is 29.3 Å². The van der Waals surface area contributed by atoms with Crippen molar-refractivity contribution in [1.29, 1.82) is 0 Å². The van der Waals surface area contributed by atoms with Gasteiger partial charge in [-0.25, -0.2) is 4.79 Å². The molecular weight excluding hydrogens is 578 g/mol. The standard InChI is InChI=1S/C31H36BrNO7/c1-7-8-11-40-31(35)27-17(2)33-22-13-19(18-9-10-24(36-3)25(15-18)37-4)14-23(34)29(22)28(27)20-12-21(32)30(39-6)26(16-20)38-5/h9-10,12,15-16,19,28,33H,7-8,11,13-14H2,1-6H3/t19-,28-/m1/s1. The average Bonchev–Trinajstić information content (AvgIpc) is 2.95. The maximum absolute atomic E-state index is 14.0. The molecule has 0 fully saturated rings. The molecule has 1 N–H and O–H groups in total. The third-order valence-corrected chi connectivity index (χ3v) is 8.04. The number of ketones is 1. The van der Waals surface area contributed by atoms with Crippen molar-refractivity contribution in [3.8, 4) is 23.0 Å². The van der Waals surface area contributed by atoms with Crippen LogP contribution in [0.4, 0.5) is 0 Å². The van der Waals surface area contributed by atoms with Gasteiger partial charge in [-0.2, -0.15) is 0 Å². The van der Waals surface area contributed by atoms with Crippen molar-refractivity contribution in [2.24, 2.45) is 0 Å². The molecule has 0 saturated heterocycles. The number of ether oxygens (including phenoxy) is 5. The number of methoxy groups -OCH3 is 4. The van der Waals surface area contributed by atoms with Crippen LogP contribution in [0.3, 0.4) is 0 Å². The largest absolute Gasteiger partial charge is 0.493 e. The summed E-state index contributed by atoms with van der Waals surface area (Å²) in [5.74, 6) is 1.12. The van der Waals surface area contributed by atoms with E-state index in [1.54, 1.807) is 28.4 Å². The normalized spacial score (nSPS) is 18.6. The molecule has 0 amide bonds. The molecule has 0 aromatic heterocycles. The van der Waals surface area contributed by atoms with Gasteiger partial charge >= 0.3 is 5.97 Å². The Bertz CT molecular complexity index is 1360. The second kappa shape index (κ2) is 12.8. The fourth-order valence-electron chi connectivity index (χ4n) is 5.48. The van der Waals surface area contributed by atoms with Crippen LogP contribution in [0.5, 0.6) is 23.0 Å². The summed E-state index contributed by atoms with van der Waals surface area (Å²) in [5.41, 5.74) is 4.18. The third-order valence-electron chi connectivity index (χ3n) is 7.45. The first-order valence-corrected chi connectivity index (χ1v) is 14.1. The Balaban J connectivity index is 1.81. The fraction of sp³-hybridized carbons (Fsp3) is 0.419. The molecule has 2 aromatic carbocycles. The number of nitrogens with one attached hydrogen (secondary N) is 1. The fourth-order valence-corrected chi connectivity index (χ4v) is 6.10. The quantitative estimate of drug-likeness (QED) is 0.250. The maximum Gasteiger partial charge on any atom is 0.336 e. The van der Waals surface area contributed by atoms with Crippen LogP contribution >= 0.6 is 15.9 Å². The van der Waals surface area contributed by atoms with Crippen molar-refractivity contribution in [2.45, 2.75) is 51.4 Å². The van der Waals surface area contributed by atoms with E-state index in [1.807, 2.05) is 44.2 Å². The van der Waals surface area contributed by atoms with Gasteiger partial charge in [-0.15, -0.1) is 0 Å². The smallest absolute Gasteiger partial charge is 0.336 e. The van der Waals surface area contributed by atoms with Gasteiger partial charge in [0.2, 0.25) is 0 Å².